The van der Waals surface area contributed by atoms with Gasteiger partial charge in [0.2, 0.25) is 5.88 Å². The Labute approximate surface area is 122 Å². The average Bonchev–Trinajstić information content (AvgIpc) is 2.53. The number of amides is 1. The van der Waals surface area contributed by atoms with E-state index in [1.807, 2.05) is 30.3 Å². The number of nitrogens with zero attached hydrogens (tertiary/aromatic N) is 1. The van der Waals surface area contributed by atoms with Gasteiger partial charge in [-0.2, -0.15) is 0 Å². The lowest BCUT2D eigenvalue weighted by atomic mass is 10.1. The predicted octanol–water partition coefficient (Wildman–Crippen LogP) is 2.80. The van der Waals surface area contributed by atoms with Gasteiger partial charge in [-0.1, -0.05) is 30.3 Å². The zero-order valence-corrected chi connectivity index (χ0v) is 11.8. The van der Waals surface area contributed by atoms with Gasteiger partial charge in [0.05, 0.1) is 12.5 Å². The lowest BCUT2D eigenvalue weighted by Crippen LogP contribution is -2.27. The molecule has 0 bridgehead atoms. The first-order valence-electron chi connectivity index (χ1n) is 6.18. The van der Waals surface area contributed by atoms with Crippen molar-refractivity contribution >= 4 is 17.5 Å². The summed E-state index contributed by atoms with van der Waals surface area (Å²) in [4.78, 5) is 16.1. The van der Waals surface area contributed by atoms with Crippen LogP contribution < -0.4 is 10.1 Å². The van der Waals surface area contributed by atoms with Crippen molar-refractivity contribution in [1.29, 1.82) is 0 Å². The third-order valence-corrected chi connectivity index (χ3v) is 3.22. The van der Waals surface area contributed by atoms with Crippen LogP contribution in [0.15, 0.2) is 48.7 Å². The third kappa shape index (κ3) is 3.48. The molecule has 0 radical (unpaired) electrons. The summed E-state index contributed by atoms with van der Waals surface area (Å²) < 4.78 is 5.05. The summed E-state index contributed by atoms with van der Waals surface area (Å²) in [7, 11) is 1.48. The van der Waals surface area contributed by atoms with Crippen molar-refractivity contribution in [1.82, 2.24) is 10.3 Å². The minimum atomic E-state index is -0.275. The largest absolute Gasteiger partial charge is 0.480 e. The number of alkyl halides is 1. The van der Waals surface area contributed by atoms with Gasteiger partial charge in [-0.05, 0) is 17.7 Å². The number of carbonyl (C=O) groups excluding carboxylic acids is 1. The number of hydrogen-bond acceptors (Lipinski definition) is 3. The molecule has 1 N–H and O–H groups in total. The van der Waals surface area contributed by atoms with E-state index >= 15 is 0 Å². The number of hydrogen-bond donors (Lipinski definition) is 1. The van der Waals surface area contributed by atoms with Crippen LogP contribution in [0.25, 0.3) is 0 Å². The van der Waals surface area contributed by atoms with E-state index in [1.54, 1.807) is 18.3 Å². The van der Waals surface area contributed by atoms with Gasteiger partial charge in [0, 0.05) is 12.7 Å². The van der Waals surface area contributed by atoms with E-state index in [0.717, 1.165) is 5.56 Å². The highest BCUT2D eigenvalue weighted by molar-refractivity contribution is 6.21. The maximum atomic E-state index is 12.1. The quantitative estimate of drug-likeness (QED) is 0.862. The van der Waals surface area contributed by atoms with Crippen molar-refractivity contribution in [2.75, 3.05) is 13.7 Å². The van der Waals surface area contributed by atoms with Gasteiger partial charge in [-0.15, -0.1) is 11.6 Å². The number of aromatic nitrogens is 1. The molecule has 0 spiro atoms. The molecular formula is C15H15ClN2O2. The number of ether oxygens (including phenoxy) is 1. The molecule has 2 aromatic rings. The van der Waals surface area contributed by atoms with Crippen LogP contribution in [0.1, 0.15) is 21.3 Å². The molecule has 0 saturated carbocycles. The molecule has 1 aromatic carbocycles. The number of benzene rings is 1. The van der Waals surface area contributed by atoms with Gasteiger partial charge in [0.25, 0.3) is 5.91 Å². The maximum absolute atomic E-state index is 12.1. The lowest BCUT2D eigenvalue weighted by molar-refractivity contribution is 0.0950. The Balaban J connectivity index is 1.99. The minimum absolute atomic E-state index is 0.253. The Morgan fingerprint density at radius 1 is 1.30 bits per heavy atom. The number of rotatable bonds is 5. The van der Waals surface area contributed by atoms with Crippen LogP contribution in [0.5, 0.6) is 5.88 Å². The Morgan fingerprint density at radius 3 is 2.75 bits per heavy atom. The molecule has 0 fully saturated rings. The smallest absolute Gasteiger partial charge is 0.256 e. The third-order valence-electron chi connectivity index (χ3n) is 2.81. The van der Waals surface area contributed by atoms with E-state index in [2.05, 4.69) is 10.3 Å². The lowest BCUT2D eigenvalue weighted by Gasteiger charge is -2.12. The van der Waals surface area contributed by atoms with Crippen molar-refractivity contribution in [3.8, 4) is 5.88 Å². The molecule has 104 valence electrons. The second-order valence-corrected chi connectivity index (χ2v) is 4.68. The van der Waals surface area contributed by atoms with E-state index in [4.69, 9.17) is 16.3 Å². The molecule has 1 aromatic heterocycles. The van der Waals surface area contributed by atoms with Crippen LogP contribution in [0.3, 0.4) is 0 Å². The van der Waals surface area contributed by atoms with Crippen LogP contribution in [0.4, 0.5) is 0 Å². The number of nitrogens with one attached hydrogen (secondary N) is 1. The fourth-order valence-corrected chi connectivity index (χ4v) is 2.01. The van der Waals surface area contributed by atoms with Crippen molar-refractivity contribution in [2.45, 2.75) is 5.38 Å². The van der Waals surface area contributed by atoms with Crippen LogP contribution in [0, 0.1) is 0 Å². The fourth-order valence-electron chi connectivity index (χ4n) is 1.78. The molecule has 1 atom stereocenters. The first-order valence-corrected chi connectivity index (χ1v) is 6.62. The summed E-state index contributed by atoms with van der Waals surface area (Å²) in [5.74, 6) is 0.0485. The molecule has 1 heterocycles. The summed E-state index contributed by atoms with van der Waals surface area (Å²) in [6.45, 7) is 0.336. The average molecular weight is 291 g/mol. The van der Waals surface area contributed by atoms with E-state index in [0.29, 0.717) is 18.0 Å². The molecule has 0 aliphatic carbocycles. The molecule has 4 nitrogen and oxygen atoms in total. The summed E-state index contributed by atoms with van der Waals surface area (Å²) in [5.41, 5.74) is 1.36. The van der Waals surface area contributed by atoms with Gasteiger partial charge in [-0.25, -0.2) is 4.98 Å². The Hall–Kier alpha value is -2.07. The molecule has 0 saturated heterocycles. The summed E-state index contributed by atoms with van der Waals surface area (Å²) in [5, 5.41) is 2.51. The normalized spacial score (nSPS) is 11.7. The molecule has 0 aliphatic heterocycles. The molecule has 5 heteroatoms. The number of carbonyl (C=O) groups is 1. The maximum Gasteiger partial charge on any atom is 0.256 e. The molecule has 0 aliphatic rings. The standard InChI is InChI=1S/C15H15ClN2O2/c1-20-15-12(8-5-9-17-15)14(19)18-10-13(16)11-6-3-2-4-7-11/h2-9,13H,10H2,1H3,(H,18,19). The summed E-state index contributed by atoms with van der Waals surface area (Å²) in [6.07, 6.45) is 1.57. The first-order chi connectivity index (χ1) is 9.72. The van der Waals surface area contributed by atoms with Gasteiger partial charge >= 0.3 is 0 Å². The van der Waals surface area contributed by atoms with E-state index in [-0.39, 0.29) is 11.3 Å². The number of methoxy groups -OCH3 is 1. The summed E-state index contributed by atoms with van der Waals surface area (Å²) >= 11 is 6.25. The van der Waals surface area contributed by atoms with Gasteiger partial charge in [0.1, 0.15) is 5.56 Å². The van der Waals surface area contributed by atoms with Gasteiger partial charge < -0.3 is 10.1 Å². The van der Waals surface area contributed by atoms with E-state index in [1.165, 1.54) is 7.11 Å². The van der Waals surface area contributed by atoms with E-state index < -0.39 is 0 Å². The molecular weight excluding hydrogens is 276 g/mol. The Kier molecular flexibility index (Phi) is 4.96. The highest BCUT2D eigenvalue weighted by atomic mass is 35.5. The first kappa shape index (κ1) is 14.3. The van der Waals surface area contributed by atoms with E-state index in [9.17, 15) is 4.79 Å². The van der Waals surface area contributed by atoms with Crippen molar-refractivity contribution in [2.24, 2.45) is 0 Å². The minimum Gasteiger partial charge on any atom is -0.480 e. The Bertz CT molecular complexity index is 575. The second-order valence-electron chi connectivity index (χ2n) is 4.15. The van der Waals surface area contributed by atoms with Crippen molar-refractivity contribution in [3.63, 3.8) is 0 Å². The number of pyridine rings is 1. The molecule has 1 amide bonds. The zero-order chi connectivity index (χ0) is 14.4. The highest BCUT2D eigenvalue weighted by Gasteiger charge is 2.14. The molecule has 2 rings (SSSR count). The molecule has 20 heavy (non-hydrogen) atoms. The number of halogens is 1. The monoisotopic (exact) mass is 290 g/mol. The van der Waals surface area contributed by atoms with Crippen molar-refractivity contribution in [3.05, 3.63) is 59.8 Å². The van der Waals surface area contributed by atoms with Gasteiger partial charge in [-0.3, -0.25) is 4.79 Å². The zero-order valence-electron chi connectivity index (χ0n) is 11.0. The van der Waals surface area contributed by atoms with Crippen LogP contribution >= 0.6 is 11.6 Å². The van der Waals surface area contributed by atoms with Crippen LogP contribution in [-0.4, -0.2) is 24.5 Å². The Morgan fingerprint density at radius 2 is 2.05 bits per heavy atom. The topological polar surface area (TPSA) is 51.2 Å². The fraction of sp³-hybridized carbons (Fsp3) is 0.200. The van der Waals surface area contributed by atoms with Gasteiger partial charge in [0.15, 0.2) is 0 Å². The van der Waals surface area contributed by atoms with Crippen LogP contribution in [0.2, 0.25) is 0 Å². The summed E-state index contributed by atoms with van der Waals surface area (Å²) in [6, 6.07) is 12.9. The van der Waals surface area contributed by atoms with Crippen LogP contribution in [-0.2, 0) is 0 Å². The molecule has 1 unspecified atom stereocenters. The van der Waals surface area contributed by atoms with Crippen molar-refractivity contribution < 1.29 is 9.53 Å². The predicted molar refractivity (Wildman–Crippen MR) is 78.2 cm³/mol. The highest BCUT2D eigenvalue weighted by Crippen LogP contribution is 2.19. The second kappa shape index (κ2) is 6.91. The SMILES string of the molecule is COc1ncccc1C(=O)NCC(Cl)c1ccccc1.